The van der Waals surface area contributed by atoms with E-state index in [9.17, 15) is 15.2 Å². The van der Waals surface area contributed by atoms with Crippen LogP contribution in [0.5, 0.6) is 5.75 Å². The van der Waals surface area contributed by atoms with Crippen LogP contribution in [0, 0.1) is 10.1 Å². The highest BCUT2D eigenvalue weighted by molar-refractivity contribution is 9.10. The molecule has 0 saturated carbocycles. The third-order valence-corrected chi connectivity index (χ3v) is 3.90. The predicted molar refractivity (Wildman–Crippen MR) is 80.5 cm³/mol. The molecule has 7 heteroatoms. The highest BCUT2D eigenvalue weighted by Gasteiger charge is 2.27. The lowest BCUT2D eigenvalue weighted by Gasteiger charge is -2.17. The highest BCUT2D eigenvalue weighted by atomic mass is 79.9. The van der Waals surface area contributed by atoms with Crippen molar-refractivity contribution < 1.29 is 19.5 Å². The molecule has 6 nitrogen and oxygen atoms in total. The van der Waals surface area contributed by atoms with Crippen LogP contribution in [0.1, 0.15) is 38.4 Å². The average molecular weight is 360 g/mol. The summed E-state index contributed by atoms with van der Waals surface area (Å²) in [5, 5.41) is 21.0. The Morgan fingerprint density at radius 2 is 2.29 bits per heavy atom. The van der Waals surface area contributed by atoms with Crippen molar-refractivity contribution >= 4 is 21.6 Å². The molecule has 3 atom stereocenters. The van der Waals surface area contributed by atoms with Crippen molar-refractivity contribution in [2.75, 3.05) is 6.61 Å². The number of nitro groups is 1. The summed E-state index contributed by atoms with van der Waals surface area (Å²) >= 11 is 3.21. The van der Waals surface area contributed by atoms with E-state index < -0.39 is 11.0 Å². The Hall–Kier alpha value is -1.18. The fraction of sp³-hybridized carbons (Fsp3) is 0.571. The van der Waals surface area contributed by atoms with Crippen molar-refractivity contribution in [1.29, 1.82) is 0 Å². The first-order chi connectivity index (χ1) is 9.88. The molecule has 0 amide bonds. The highest BCUT2D eigenvalue weighted by Crippen LogP contribution is 2.38. The Bertz CT molecular complexity index is 534. The Labute approximate surface area is 131 Å². The molecule has 0 aromatic heterocycles. The van der Waals surface area contributed by atoms with E-state index in [1.807, 2.05) is 6.92 Å². The molecule has 1 heterocycles. The van der Waals surface area contributed by atoms with Crippen LogP contribution in [0.3, 0.4) is 0 Å². The molecular formula is C14H18BrNO5. The van der Waals surface area contributed by atoms with Gasteiger partial charge in [-0.05, 0) is 32.8 Å². The van der Waals surface area contributed by atoms with Gasteiger partial charge in [-0.2, -0.15) is 0 Å². The number of hydrogen-bond donors (Lipinski definition) is 1. The summed E-state index contributed by atoms with van der Waals surface area (Å²) in [6.45, 7) is 3.78. The van der Waals surface area contributed by atoms with Gasteiger partial charge < -0.3 is 14.6 Å². The van der Waals surface area contributed by atoms with Crippen molar-refractivity contribution in [1.82, 2.24) is 0 Å². The van der Waals surface area contributed by atoms with Gasteiger partial charge >= 0.3 is 5.69 Å². The number of ether oxygens (including phenoxy) is 2. The average Bonchev–Trinajstić information content (AvgIpc) is 2.81. The standard InChI is InChI=1S/C14H18BrNO5/c1-8-3-4-11(21-8)7-20-14-12(9(2)17)5-10(15)6-13(14)16(18)19/h5-6,8-9,11,17H,3-4,7H2,1-2H3/t8?,9-,11?/m1/s1. The fourth-order valence-electron chi connectivity index (χ4n) is 2.39. The summed E-state index contributed by atoms with van der Waals surface area (Å²) in [6.07, 6.45) is 1.09. The Morgan fingerprint density at radius 3 is 2.81 bits per heavy atom. The van der Waals surface area contributed by atoms with Crippen LogP contribution in [-0.4, -0.2) is 28.8 Å². The van der Waals surface area contributed by atoms with E-state index in [2.05, 4.69) is 15.9 Å². The van der Waals surface area contributed by atoms with Gasteiger partial charge in [0, 0.05) is 16.1 Å². The normalized spacial score (nSPS) is 23.0. The van der Waals surface area contributed by atoms with Gasteiger partial charge in [0.1, 0.15) is 6.61 Å². The monoisotopic (exact) mass is 359 g/mol. The van der Waals surface area contributed by atoms with Gasteiger partial charge in [0.25, 0.3) is 0 Å². The molecular weight excluding hydrogens is 342 g/mol. The quantitative estimate of drug-likeness (QED) is 0.643. The summed E-state index contributed by atoms with van der Waals surface area (Å²) in [4.78, 5) is 10.7. The molecule has 0 bridgehead atoms. The zero-order chi connectivity index (χ0) is 15.6. The van der Waals surface area contributed by atoms with Gasteiger partial charge in [0.15, 0.2) is 0 Å². The lowest BCUT2D eigenvalue weighted by Crippen LogP contribution is -2.19. The third-order valence-electron chi connectivity index (χ3n) is 3.44. The molecule has 1 aromatic rings. The van der Waals surface area contributed by atoms with Crippen LogP contribution in [0.4, 0.5) is 5.69 Å². The molecule has 116 valence electrons. The topological polar surface area (TPSA) is 81.8 Å². The molecule has 1 saturated heterocycles. The summed E-state index contributed by atoms with van der Waals surface area (Å²) in [5.74, 6) is 0.112. The summed E-state index contributed by atoms with van der Waals surface area (Å²) in [6, 6.07) is 3.00. The van der Waals surface area contributed by atoms with E-state index in [1.54, 1.807) is 13.0 Å². The van der Waals surface area contributed by atoms with E-state index in [-0.39, 0.29) is 30.3 Å². The molecule has 1 fully saturated rings. The number of aliphatic hydroxyl groups excluding tert-OH is 1. The smallest absolute Gasteiger partial charge is 0.312 e. The van der Waals surface area contributed by atoms with Gasteiger partial charge in [-0.25, -0.2) is 0 Å². The van der Waals surface area contributed by atoms with Crippen LogP contribution >= 0.6 is 15.9 Å². The minimum Gasteiger partial charge on any atom is -0.484 e. The second kappa shape index (κ2) is 6.72. The molecule has 2 unspecified atom stereocenters. The largest absolute Gasteiger partial charge is 0.484 e. The number of nitro benzene ring substituents is 1. The first-order valence-corrected chi connectivity index (χ1v) is 7.62. The minimum absolute atomic E-state index is 0.0647. The van der Waals surface area contributed by atoms with Gasteiger partial charge in [-0.3, -0.25) is 10.1 Å². The van der Waals surface area contributed by atoms with E-state index in [1.165, 1.54) is 6.07 Å². The maximum absolute atomic E-state index is 11.2. The SMILES string of the molecule is CC1CCC(COc2c([C@@H](C)O)cc(Br)cc2[N+](=O)[O-])O1. The summed E-state index contributed by atoms with van der Waals surface area (Å²) in [5.41, 5.74) is 0.230. The molecule has 1 aliphatic rings. The van der Waals surface area contributed by atoms with Crippen molar-refractivity contribution in [3.8, 4) is 5.75 Å². The van der Waals surface area contributed by atoms with Crippen LogP contribution in [0.15, 0.2) is 16.6 Å². The maximum Gasteiger partial charge on any atom is 0.312 e. The number of aliphatic hydroxyl groups is 1. The number of hydrogen-bond acceptors (Lipinski definition) is 5. The molecule has 1 aromatic carbocycles. The van der Waals surface area contributed by atoms with Gasteiger partial charge in [0.2, 0.25) is 5.75 Å². The van der Waals surface area contributed by atoms with E-state index >= 15 is 0 Å². The third kappa shape index (κ3) is 3.93. The molecule has 0 spiro atoms. The lowest BCUT2D eigenvalue weighted by molar-refractivity contribution is -0.386. The van der Waals surface area contributed by atoms with E-state index in [0.29, 0.717) is 10.0 Å². The van der Waals surface area contributed by atoms with E-state index in [0.717, 1.165) is 12.8 Å². The molecule has 0 aliphatic carbocycles. The summed E-state index contributed by atoms with van der Waals surface area (Å²) < 4.78 is 11.8. The minimum atomic E-state index is -0.861. The van der Waals surface area contributed by atoms with Crippen LogP contribution in [-0.2, 0) is 4.74 Å². The second-order valence-corrected chi connectivity index (χ2v) is 6.15. The lowest BCUT2D eigenvalue weighted by atomic mass is 10.1. The van der Waals surface area contributed by atoms with Gasteiger partial charge in [0.05, 0.1) is 23.2 Å². The number of nitrogens with zero attached hydrogens (tertiary/aromatic N) is 1. The Kier molecular flexibility index (Phi) is 5.18. The zero-order valence-electron chi connectivity index (χ0n) is 11.9. The molecule has 1 N–H and O–H groups in total. The van der Waals surface area contributed by atoms with Crippen molar-refractivity contribution in [2.45, 2.75) is 45.0 Å². The first kappa shape index (κ1) is 16.2. The Morgan fingerprint density at radius 1 is 1.57 bits per heavy atom. The number of benzene rings is 1. The molecule has 21 heavy (non-hydrogen) atoms. The molecule has 2 rings (SSSR count). The first-order valence-electron chi connectivity index (χ1n) is 6.82. The van der Waals surface area contributed by atoms with Gasteiger partial charge in [-0.15, -0.1) is 0 Å². The Balaban J connectivity index is 2.25. The molecule has 0 radical (unpaired) electrons. The van der Waals surface area contributed by atoms with Crippen molar-refractivity contribution in [2.24, 2.45) is 0 Å². The van der Waals surface area contributed by atoms with Gasteiger partial charge in [-0.1, -0.05) is 15.9 Å². The van der Waals surface area contributed by atoms with Crippen molar-refractivity contribution in [3.63, 3.8) is 0 Å². The number of rotatable bonds is 5. The summed E-state index contributed by atoms with van der Waals surface area (Å²) in [7, 11) is 0. The predicted octanol–water partition coefficient (Wildman–Crippen LogP) is 3.36. The molecule has 1 aliphatic heterocycles. The number of halogens is 1. The maximum atomic E-state index is 11.2. The van der Waals surface area contributed by atoms with E-state index in [4.69, 9.17) is 9.47 Å². The van der Waals surface area contributed by atoms with Crippen molar-refractivity contribution in [3.05, 3.63) is 32.3 Å². The van der Waals surface area contributed by atoms with Crippen LogP contribution < -0.4 is 4.74 Å². The fourth-order valence-corrected chi connectivity index (χ4v) is 2.85. The van der Waals surface area contributed by atoms with Crippen LogP contribution in [0.25, 0.3) is 0 Å². The zero-order valence-corrected chi connectivity index (χ0v) is 13.5. The second-order valence-electron chi connectivity index (χ2n) is 5.23. The van der Waals surface area contributed by atoms with Crippen LogP contribution in [0.2, 0.25) is 0 Å².